The minimum Gasteiger partial charge on any atom is -0.454 e. The van der Waals surface area contributed by atoms with Gasteiger partial charge < -0.3 is 25.9 Å². The second-order valence-corrected chi connectivity index (χ2v) is 10.1. The number of carbonyl (C=O) groups excluding carboxylic acids is 2. The van der Waals surface area contributed by atoms with E-state index in [1.54, 1.807) is 54.4 Å². The highest BCUT2D eigenvalue weighted by molar-refractivity contribution is 7.97. The fraction of sp³-hybridized carbons (Fsp3) is 0.280. The molecule has 2 aliphatic heterocycles. The number of aliphatic hydroxyl groups is 1. The molecule has 1 aromatic heterocycles. The van der Waals surface area contributed by atoms with Crippen LogP contribution in [-0.2, 0) is 11.3 Å². The number of rotatable bonds is 4. The van der Waals surface area contributed by atoms with Crippen LogP contribution >= 0.6 is 11.9 Å². The number of aryl methyl sites for hydroxylation is 1. The monoisotopic (exact) mass is 476 g/mol. The third-order valence-corrected chi connectivity index (χ3v) is 7.94. The fourth-order valence-electron chi connectivity index (χ4n) is 5.28. The molecule has 3 heterocycles. The molecule has 3 aliphatic rings. The molecule has 1 amide bonds. The maximum Gasteiger partial charge on any atom is 0.271 e. The van der Waals surface area contributed by atoms with Crippen molar-refractivity contribution in [3.8, 4) is 5.75 Å². The molecule has 5 N–H and O–H groups in total. The number of ketones is 1. The smallest absolute Gasteiger partial charge is 0.271 e. The number of hydrogen-bond donors (Lipinski definition) is 4. The molecule has 34 heavy (non-hydrogen) atoms. The Hall–Kier alpha value is -3.27. The molecule has 2 aromatic carbocycles. The van der Waals surface area contributed by atoms with Crippen LogP contribution in [0.2, 0.25) is 0 Å². The maximum atomic E-state index is 13.9. The van der Waals surface area contributed by atoms with E-state index in [0.29, 0.717) is 17.0 Å². The van der Waals surface area contributed by atoms with Crippen molar-refractivity contribution in [3.05, 3.63) is 76.5 Å². The number of aromatic nitrogens is 1. The summed E-state index contributed by atoms with van der Waals surface area (Å²) < 4.78 is 8.23. The van der Waals surface area contributed by atoms with Gasteiger partial charge in [0.05, 0.1) is 10.6 Å². The normalized spacial score (nSPS) is 25.1. The largest absolute Gasteiger partial charge is 0.454 e. The Morgan fingerprint density at radius 3 is 2.71 bits per heavy atom. The highest BCUT2D eigenvalue weighted by Gasteiger charge is 2.72. The number of benzene rings is 2. The second kappa shape index (κ2) is 7.36. The Balaban J connectivity index is 1.43. The van der Waals surface area contributed by atoms with E-state index < -0.39 is 23.0 Å². The molecule has 1 aliphatic carbocycles. The lowest BCUT2D eigenvalue weighted by Crippen LogP contribution is -2.60. The Bertz CT molecular complexity index is 1350. The first kappa shape index (κ1) is 21.3. The van der Waals surface area contributed by atoms with Gasteiger partial charge in [0.25, 0.3) is 11.7 Å². The van der Waals surface area contributed by atoms with Gasteiger partial charge in [-0.2, -0.15) is 0 Å². The average Bonchev–Trinajstić information content (AvgIpc) is 3.54. The summed E-state index contributed by atoms with van der Waals surface area (Å²) in [7, 11) is 0. The number of nitrogens with two attached hydrogens (primary N) is 1. The van der Waals surface area contributed by atoms with Crippen molar-refractivity contribution in [2.75, 3.05) is 18.8 Å². The summed E-state index contributed by atoms with van der Waals surface area (Å²) in [4.78, 5) is 30.7. The lowest BCUT2D eigenvalue weighted by Gasteiger charge is -2.34. The SMILES string of the molecule is Cc1cc(SN2CCCC2)[nH]c1C(=O)NC12C(=O)c3c(N)cccc3C1(O)Oc1ccccc12. The molecule has 2 unspecified atom stereocenters. The minimum atomic E-state index is -2.12. The standard InChI is InChI=1S/C25H24N4O4S/c1-14-13-19(34-29-11-4-5-12-29)27-21(14)23(31)28-24-15-7-2-3-10-18(15)33-25(24,32)16-8-6-9-17(26)20(16)22(24)30/h2-3,6-10,13,27,32H,4-5,11-12,26H2,1H3,(H,28,31). The van der Waals surface area contributed by atoms with Gasteiger partial charge in [-0.3, -0.25) is 9.59 Å². The van der Waals surface area contributed by atoms with Crippen molar-refractivity contribution in [1.82, 2.24) is 14.6 Å². The zero-order valence-electron chi connectivity index (χ0n) is 18.6. The van der Waals surface area contributed by atoms with Crippen molar-refractivity contribution >= 4 is 29.3 Å². The van der Waals surface area contributed by atoms with E-state index in [4.69, 9.17) is 10.5 Å². The molecule has 3 aromatic rings. The van der Waals surface area contributed by atoms with Gasteiger partial charge in [-0.25, -0.2) is 4.31 Å². The Morgan fingerprint density at radius 1 is 1.18 bits per heavy atom. The quantitative estimate of drug-likeness (QED) is 0.337. The van der Waals surface area contributed by atoms with Crippen LogP contribution in [0.4, 0.5) is 5.69 Å². The van der Waals surface area contributed by atoms with E-state index in [-0.39, 0.29) is 16.8 Å². The van der Waals surface area contributed by atoms with Crippen LogP contribution in [0.5, 0.6) is 5.75 Å². The fourth-order valence-corrected chi connectivity index (χ4v) is 6.38. The van der Waals surface area contributed by atoms with Gasteiger partial charge in [0.1, 0.15) is 11.4 Å². The van der Waals surface area contributed by atoms with Crippen molar-refractivity contribution in [2.24, 2.45) is 0 Å². The molecule has 0 saturated carbocycles. The van der Waals surface area contributed by atoms with Gasteiger partial charge in [-0.05, 0) is 55.5 Å². The number of amides is 1. The summed E-state index contributed by atoms with van der Waals surface area (Å²) in [5, 5.41) is 15.6. The van der Waals surface area contributed by atoms with Crippen LogP contribution in [0.1, 0.15) is 50.4 Å². The number of carbonyl (C=O) groups is 2. The van der Waals surface area contributed by atoms with Crippen LogP contribution < -0.4 is 15.8 Å². The zero-order valence-corrected chi connectivity index (χ0v) is 19.4. The van der Waals surface area contributed by atoms with E-state index in [2.05, 4.69) is 14.6 Å². The number of para-hydroxylation sites is 1. The van der Waals surface area contributed by atoms with E-state index in [9.17, 15) is 14.7 Å². The highest BCUT2D eigenvalue weighted by Crippen LogP contribution is 2.58. The predicted molar refractivity (Wildman–Crippen MR) is 127 cm³/mol. The van der Waals surface area contributed by atoms with Crippen molar-refractivity contribution in [2.45, 2.75) is 36.1 Å². The van der Waals surface area contributed by atoms with Crippen LogP contribution in [-0.4, -0.2) is 39.2 Å². The summed E-state index contributed by atoms with van der Waals surface area (Å²) in [5.74, 6) is -2.80. The molecule has 6 rings (SSSR count). The minimum absolute atomic E-state index is 0.160. The number of aromatic amines is 1. The molecule has 9 heteroatoms. The molecule has 0 bridgehead atoms. The molecule has 0 spiro atoms. The van der Waals surface area contributed by atoms with Crippen LogP contribution in [0.3, 0.4) is 0 Å². The summed E-state index contributed by atoms with van der Waals surface area (Å²) in [6.07, 6.45) is 2.32. The van der Waals surface area contributed by atoms with Gasteiger partial charge in [0.2, 0.25) is 11.3 Å². The number of Topliss-reactive ketones (excluding diaryl/α,β-unsaturated/α-hetero) is 1. The van der Waals surface area contributed by atoms with Crippen molar-refractivity contribution in [1.29, 1.82) is 0 Å². The van der Waals surface area contributed by atoms with Crippen molar-refractivity contribution < 1.29 is 19.4 Å². The maximum absolute atomic E-state index is 13.9. The first-order valence-corrected chi connectivity index (χ1v) is 12.0. The molecule has 1 fully saturated rings. The topological polar surface area (TPSA) is 121 Å². The van der Waals surface area contributed by atoms with Gasteiger partial charge in [-0.15, -0.1) is 0 Å². The number of nitrogens with zero attached hydrogens (tertiary/aromatic N) is 1. The lowest BCUT2D eigenvalue weighted by molar-refractivity contribution is -0.169. The zero-order chi connectivity index (χ0) is 23.7. The van der Waals surface area contributed by atoms with Gasteiger partial charge >= 0.3 is 0 Å². The Morgan fingerprint density at radius 2 is 1.91 bits per heavy atom. The average molecular weight is 477 g/mol. The molecule has 1 saturated heterocycles. The lowest BCUT2D eigenvalue weighted by atomic mass is 9.82. The number of hydrogen-bond acceptors (Lipinski definition) is 7. The van der Waals surface area contributed by atoms with Crippen LogP contribution in [0.15, 0.2) is 53.6 Å². The van der Waals surface area contributed by atoms with E-state index in [1.807, 2.05) is 13.0 Å². The molecule has 174 valence electrons. The predicted octanol–water partition coefficient (Wildman–Crippen LogP) is 3.07. The van der Waals surface area contributed by atoms with Gasteiger partial charge in [0, 0.05) is 29.9 Å². The molecular weight excluding hydrogens is 452 g/mol. The van der Waals surface area contributed by atoms with Gasteiger partial charge in [0.15, 0.2) is 0 Å². The summed E-state index contributed by atoms with van der Waals surface area (Å²) in [6.45, 7) is 3.84. The number of nitrogens with one attached hydrogen (secondary N) is 2. The Kier molecular flexibility index (Phi) is 4.61. The molecule has 8 nitrogen and oxygen atoms in total. The third-order valence-electron chi connectivity index (χ3n) is 6.90. The second-order valence-electron chi connectivity index (χ2n) is 8.96. The number of ether oxygens (including phenoxy) is 1. The third kappa shape index (κ3) is 2.74. The van der Waals surface area contributed by atoms with E-state index in [1.165, 1.54) is 0 Å². The van der Waals surface area contributed by atoms with Crippen molar-refractivity contribution in [3.63, 3.8) is 0 Å². The summed E-state index contributed by atoms with van der Waals surface area (Å²) in [6, 6.07) is 13.6. The first-order chi connectivity index (χ1) is 16.3. The van der Waals surface area contributed by atoms with E-state index in [0.717, 1.165) is 36.5 Å². The van der Waals surface area contributed by atoms with Crippen LogP contribution in [0, 0.1) is 6.92 Å². The number of fused-ring (bicyclic) bond motifs is 5. The number of anilines is 1. The molecule has 2 atom stereocenters. The molecular formula is C25H24N4O4S. The number of nitrogen functional groups attached to an aromatic ring is 1. The molecule has 0 radical (unpaired) electrons. The first-order valence-electron chi connectivity index (χ1n) is 11.2. The van der Waals surface area contributed by atoms with Gasteiger partial charge in [-0.1, -0.05) is 30.3 Å². The highest BCUT2D eigenvalue weighted by atomic mass is 32.2. The van der Waals surface area contributed by atoms with Crippen LogP contribution in [0.25, 0.3) is 0 Å². The Labute approximate surface area is 200 Å². The number of H-pyrrole nitrogens is 1. The summed E-state index contributed by atoms with van der Waals surface area (Å²) in [5.41, 5.74) is 6.36. The summed E-state index contributed by atoms with van der Waals surface area (Å²) >= 11 is 1.58. The van der Waals surface area contributed by atoms with E-state index >= 15 is 0 Å².